The molecule has 19 heavy (non-hydrogen) atoms. The number of halogens is 1. The summed E-state index contributed by atoms with van der Waals surface area (Å²) in [5.74, 6) is 0.755. The number of nitrogens with one attached hydrogen (secondary N) is 1. The van der Waals surface area contributed by atoms with Gasteiger partial charge in [-0.05, 0) is 44.3 Å². The largest absolute Gasteiger partial charge is 0.384 e. The molecule has 2 unspecified atom stereocenters. The highest BCUT2D eigenvalue weighted by atomic mass is 35.5. The Labute approximate surface area is 121 Å². The summed E-state index contributed by atoms with van der Waals surface area (Å²) in [4.78, 5) is 4.88. The lowest BCUT2D eigenvalue weighted by molar-refractivity contribution is 0.254. The van der Waals surface area contributed by atoms with E-state index in [1.54, 1.807) is 0 Å². The molecule has 0 spiro atoms. The van der Waals surface area contributed by atoms with Gasteiger partial charge in [0.05, 0.1) is 0 Å². The first-order valence-electron chi connectivity index (χ1n) is 6.94. The first-order valence-corrected chi connectivity index (χ1v) is 7.32. The minimum absolute atomic E-state index is 0.690. The molecule has 1 aliphatic heterocycles. The highest BCUT2D eigenvalue weighted by Crippen LogP contribution is 2.19. The fraction of sp³-hybridized carbons (Fsp3) is 0.600. The summed E-state index contributed by atoms with van der Waals surface area (Å²) < 4.78 is 0. The zero-order valence-corrected chi connectivity index (χ0v) is 12.8. The third-order valence-corrected chi connectivity index (χ3v) is 4.16. The number of likely N-dealkylation sites (N-methyl/N-ethyl adjacent to an activating group) is 1. The number of benzene rings is 1. The van der Waals surface area contributed by atoms with E-state index in [-0.39, 0.29) is 0 Å². The van der Waals surface area contributed by atoms with Crippen molar-refractivity contribution in [1.82, 2.24) is 9.80 Å². The van der Waals surface area contributed by atoms with E-state index in [1.165, 1.54) is 13.1 Å². The number of hydrogen-bond donors (Lipinski definition) is 1. The molecule has 0 aromatic heterocycles. The molecule has 0 bridgehead atoms. The van der Waals surface area contributed by atoms with Crippen molar-refractivity contribution in [3.05, 3.63) is 29.3 Å². The van der Waals surface area contributed by atoms with Gasteiger partial charge in [0.1, 0.15) is 0 Å². The van der Waals surface area contributed by atoms with Gasteiger partial charge >= 0.3 is 0 Å². The molecule has 0 aliphatic carbocycles. The third-order valence-electron chi connectivity index (χ3n) is 3.91. The van der Waals surface area contributed by atoms with Gasteiger partial charge in [-0.25, -0.2) is 0 Å². The molecule has 1 aromatic rings. The Hall–Kier alpha value is -0.770. The molecule has 3 nitrogen and oxygen atoms in total. The third kappa shape index (κ3) is 4.10. The van der Waals surface area contributed by atoms with Gasteiger partial charge in [-0.1, -0.05) is 18.5 Å². The van der Waals surface area contributed by atoms with E-state index in [2.05, 4.69) is 36.1 Å². The lowest BCUT2D eigenvalue weighted by Gasteiger charge is -2.22. The first kappa shape index (κ1) is 14.6. The van der Waals surface area contributed by atoms with E-state index in [1.807, 2.05) is 24.3 Å². The quantitative estimate of drug-likeness (QED) is 0.895. The van der Waals surface area contributed by atoms with Gasteiger partial charge in [0.15, 0.2) is 0 Å². The molecule has 0 amide bonds. The van der Waals surface area contributed by atoms with Crippen LogP contribution in [0.2, 0.25) is 5.02 Å². The van der Waals surface area contributed by atoms with Gasteiger partial charge in [-0.15, -0.1) is 0 Å². The smallest absolute Gasteiger partial charge is 0.0407 e. The van der Waals surface area contributed by atoms with E-state index >= 15 is 0 Å². The van der Waals surface area contributed by atoms with Gasteiger partial charge < -0.3 is 10.2 Å². The van der Waals surface area contributed by atoms with E-state index in [9.17, 15) is 0 Å². The van der Waals surface area contributed by atoms with E-state index in [4.69, 9.17) is 11.6 Å². The predicted octanol–water partition coefficient (Wildman–Crippen LogP) is 2.63. The molecule has 2 atom stereocenters. The van der Waals surface area contributed by atoms with Crippen LogP contribution in [0, 0.1) is 5.92 Å². The molecule has 2 rings (SSSR count). The molecule has 1 heterocycles. The summed E-state index contributed by atoms with van der Waals surface area (Å²) in [5.41, 5.74) is 1.14. The lowest BCUT2D eigenvalue weighted by atomic mass is 10.1. The summed E-state index contributed by atoms with van der Waals surface area (Å²) >= 11 is 5.87. The van der Waals surface area contributed by atoms with E-state index < -0.39 is 0 Å². The molecule has 1 N–H and O–H groups in total. The van der Waals surface area contributed by atoms with Crippen LogP contribution in [0.5, 0.6) is 0 Å². The average molecular weight is 282 g/mol. The Kier molecular flexibility index (Phi) is 5.08. The molecule has 0 saturated carbocycles. The van der Waals surface area contributed by atoms with Crippen LogP contribution in [0.25, 0.3) is 0 Å². The molecule has 1 saturated heterocycles. The molecule has 0 radical (unpaired) electrons. The minimum atomic E-state index is 0.690. The highest BCUT2D eigenvalue weighted by Gasteiger charge is 2.30. The van der Waals surface area contributed by atoms with E-state index in [0.29, 0.717) is 6.04 Å². The zero-order chi connectivity index (χ0) is 13.8. The maximum atomic E-state index is 5.87. The van der Waals surface area contributed by atoms with Crippen LogP contribution < -0.4 is 5.32 Å². The van der Waals surface area contributed by atoms with Crippen LogP contribution in [-0.4, -0.2) is 56.1 Å². The number of hydrogen-bond acceptors (Lipinski definition) is 3. The van der Waals surface area contributed by atoms with Gasteiger partial charge in [0.2, 0.25) is 0 Å². The second-order valence-corrected chi connectivity index (χ2v) is 6.14. The Morgan fingerprint density at radius 3 is 2.53 bits per heavy atom. The minimum Gasteiger partial charge on any atom is -0.384 e. The van der Waals surface area contributed by atoms with Crippen molar-refractivity contribution in [2.24, 2.45) is 5.92 Å². The lowest BCUT2D eigenvalue weighted by Crippen LogP contribution is -2.35. The van der Waals surface area contributed by atoms with Crippen molar-refractivity contribution in [2.75, 3.05) is 45.6 Å². The number of nitrogens with zero attached hydrogens (tertiary/aromatic N) is 2. The first-order chi connectivity index (χ1) is 9.06. The van der Waals surface area contributed by atoms with Crippen molar-refractivity contribution in [3.8, 4) is 0 Å². The molecular weight excluding hydrogens is 258 g/mol. The second kappa shape index (κ2) is 6.60. The van der Waals surface area contributed by atoms with Crippen LogP contribution in [0.15, 0.2) is 24.3 Å². The molecule has 106 valence electrons. The molecular formula is C15H24ClN3. The number of likely N-dealkylation sites (tertiary alicyclic amines) is 1. The second-order valence-electron chi connectivity index (χ2n) is 5.70. The van der Waals surface area contributed by atoms with Crippen molar-refractivity contribution in [2.45, 2.75) is 13.0 Å². The Bertz CT molecular complexity index is 391. The Morgan fingerprint density at radius 1 is 1.26 bits per heavy atom. The molecule has 1 fully saturated rings. The monoisotopic (exact) mass is 281 g/mol. The van der Waals surface area contributed by atoms with Crippen molar-refractivity contribution < 1.29 is 0 Å². The standard InChI is InChI=1S/C15H24ClN3/c1-12-10-19(11-15(12)18(2)3)9-8-17-14-6-4-13(16)5-7-14/h4-7,12,15,17H,8-11H2,1-3H3. The normalized spacial score (nSPS) is 24.1. The maximum Gasteiger partial charge on any atom is 0.0407 e. The molecule has 4 heteroatoms. The van der Waals surface area contributed by atoms with Gasteiger partial charge in [0, 0.05) is 42.9 Å². The molecule has 1 aliphatic rings. The SMILES string of the molecule is CC1CN(CCNc2ccc(Cl)cc2)CC1N(C)C. The number of rotatable bonds is 5. The Morgan fingerprint density at radius 2 is 1.95 bits per heavy atom. The highest BCUT2D eigenvalue weighted by molar-refractivity contribution is 6.30. The summed E-state index contributed by atoms with van der Waals surface area (Å²) in [6.07, 6.45) is 0. The maximum absolute atomic E-state index is 5.87. The van der Waals surface area contributed by atoms with Gasteiger partial charge in [0.25, 0.3) is 0 Å². The molecule has 1 aromatic carbocycles. The Balaban J connectivity index is 1.73. The van der Waals surface area contributed by atoms with Crippen molar-refractivity contribution in [1.29, 1.82) is 0 Å². The van der Waals surface area contributed by atoms with Gasteiger partial charge in [-0.3, -0.25) is 4.90 Å². The van der Waals surface area contributed by atoms with E-state index in [0.717, 1.165) is 29.7 Å². The summed E-state index contributed by atoms with van der Waals surface area (Å²) in [7, 11) is 4.35. The average Bonchev–Trinajstić information content (AvgIpc) is 2.73. The summed E-state index contributed by atoms with van der Waals surface area (Å²) in [5, 5.41) is 4.23. The van der Waals surface area contributed by atoms with Crippen molar-refractivity contribution >= 4 is 17.3 Å². The van der Waals surface area contributed by atoms with Crippen LogP contribution in [0.3, 0.4) is 0 Å². The summed E-state index contributed by atoms with van der Waals surface area (Å²) in [6.45, 7) is 6.80. The van der Waals surface area contributed by atoms with Crippen LogP contribution in [0.4, 0.5) is 5.69 Å². The van der Waals surface area contributed by atoms with Gasteiger partial charge in [-0.2, -0.15) is 0 Å². The number of anilines is 1. The van der Waals surface area contributed by atoms with Crippen molar-refractivity contribution in [3.63, 3.8) is 0 Å². The zero-order valence-electron chi connectivity index (χ0n) is 12.1. The predicted molar refractivity (Wildman–Crippen MR) is 83.0 cm³/mol. The summed E-state index contributed by atoms with van der Waals surface area (Å²) in [6, 6.07) is 8.58. The fourth-order valence-corrected chi connectivity index (χ4v) is 2.95. The van der Waals surface area contributed by atoms with Crippen LogP contribution in [0.1, 0.15) is 6.92 Å². The van der Waals surface area contributed by atoms with Crippen LogP contribution in [-0.2, 0) is 0 Å². The fourth-order valence-electron chi connectivity index (χ4n) is 2.83. The topological polar surface area (TPSA) is 18.5 Å². The van der Waals surface area contributed by atoms with Crippen LogP contribution >= 0.6 is 11.6 Å².